The number of amides is 2. The van der Waals surface area contributed by atoms with Crippen LogP contribution in [0.15, 0.2) is 64.3 Å². The second-order valence-corrected chi connectivity index (χ2v) is 14.5. The zero-order chi connectivity index (χ0) is 40.4. The number of methoxy groups -OCH3 is 1. The first-order valence-corrected chi connectivity index (χ1v) is 19.4. The van der Waals surface area contributed by atoms with Crippen LogP contribution in [-0.4, -0.2) is 98.4 Å². The molecular weight excluding hydrogens is 732 g/mol. The van der Waals surface area contributed by atoms with Crippen molar-refractivity contribution in [2.24, 2.45) is 14.1 Å². The van der Waals surface area contributed by atoms with Crippen LogP contribution in [0.25, 0.3) is 33.3 Å². The summed E-state index contributed by atoms with van der Waals surface area (Å²) in [7, 11) is 8.68. The largest absolute Gasteiger partial charge is 0.481 e. The number of nitrogens with one attached hydrogen (secondary N) is 1. The Hall–Kier alpha value is -5.24. The summed E-state index contributed by atoms with van der Waals surface area (Å²) in [4.78, 5) is 53.7. The van der Waals surface area contributed by atoms with Crippen LogP contribution in [0.1, 0.15) is 49.4 Å². The van der Waals surface area contributed by atoms with Gasteiger partial charge in [-0.15, -0.1) is 0 Å². The minimum Gasteiger partial charge on any atom is -0.481 e. The third-order valence-corrected chi connectivity index (χ3v) is 11.5. The number of likely N-dealkylation sites (N-methyl/N-ethyl adjacent to an activating group) is 1. The van der Waals surface area contributed by atoms with Crippen molar-refractivity contribution in [3.63, 3.8) is 0 Å². The smallest absolute Gasteiger partial charge is 0.330 e. The van der Waals surface area contributed by atoms with Gasteiger partial charge in [-0.1, -0.05) is 55.8 Å². The molecule has 4 heterocycles. The molecule has 1 aliphatic carbocycles. The van der Waals surface area contributed by atoms with E-state index in [9.17, 15) is 19.5 Å². The van der Waals surface area contributed by atoms with Crippen molar-refractivity contribution in [3.05, 3.63) is 97.3 Å². The number of aryl methyl sites for hydroxylation is 2. The molecular formula is C42H51ClN8O5. The molecule has 0 saturated carbocycles. The number of urea groups is 1. The van der Waals surface area contributed by atoms with Crippen molar-refractivity contribution in [1.29, 1.82) is 0 Å². The lowest BCUT2D eigenvalue weighted by Gasteiger charge is -2.28. The van der Waals surface area contributed by atoms with Crippen molar-refractivity contribution in [1.82, 2.24) is 33.8 Å². The Kier molecular flexibility index (Phi) is 12.2. The number of anilines is 2. The van der Waals surface area contributed by atoms with E-state index in [1.165, 1.54) is 17.2 Å². The van der Waals surface area contributed by atoms with Crippen LogP contribution in [0, 0.1) is 6.92 Å². The van der Waals surface area contributed by atoms with Crippen LogP contribution in [0.2, 0.25) is 5.02 Å². The van der Waals surface area contributed by atoms with Gasteiger partial charge in [-0.25, -0.2) is 19.6 Å². The quantitative estimate of drug-likeness (QED) is 0.162. The van der Waals surface area contributed by atoms with E-state index >= 15 is 0 Å². The summed E-state index contributed by atoms with van der Waals surface area (Å²) < 4.78 is 8.45. The fraction of sp³-hybridized carbons (Fsp3) is 0.405. The number of aliphatic hydroxyl groups excluding tert-OH is 1. The van der Waals surface area contributed by atoms with Crippen molar-refractivity contribution in [2.45, 2.75) is 52.1 Å². The summed E-state index contributed by atoms with van der Waals surface area (Å²) >= 11 is 7.25. The first-order valence-electron chi connectivity index (χ1n) is 19.1. The molecule has 2 atom stereocenters. The SMILES string of the molecule is CC.COc1nc(-c2cccc(-c3cccc(Nc4nccc5c4c(=O)n(C)c(=O)n5C)c3C)c2Cl)cc2c1C(N(C)CCC1CN(CCO)C(=O)N1C)CC2. The van der Waals surface area contributed by atoms with Gasteiger partial charge in [0.2, 0.25) is 5.88 Å². The van der Waals surface area contributed by atoms with Crippen LogP contribution in [0.5, 0.6) is 5.88 Å². The number of benzene rings is 2. The topological polar surface area (TPSA) is 138 Å². The van der Waals surface area contributed by atoms with Gasteiger partial charge in [-0.3, -0.25) is 18.8 Å². The molecule has 2 aliphatic rings. The van der Waals surface area contributed by atoms with Gasteiger partial charge in [-0.2, -0.15) is 0 Å². The average Bonchev–Trinajstić information content (AvgIpc) is 3.76. The molecule has 56 heavy (non-hydrogen) atoms. The van der Waals surface area contributed by atoms with E-state index in [1.54, 1.807) is 36.2 Å². The molecule has 0 bridgehead atoms. The van der Waals surface area contributed by atoms with E-state index in [1.807, 2.05) is 64.2 Å². The predicted molar refractivity (Wildman–Crippen MR) is 222 cm³/mol. The maximum Gasteiger partial charge on any atom is 0.330 e. The molecule has 1 fully saturated rings. The van der Waals surface area contributed by atoms with Gasteiger partial charge >= 0.3 is 11.7 Å². The number of nitrogens with zero attached hydrogens (tertiary/aromatic N) is 7. The number of aliphatic hydroxyl groups is 1. The number of carbonyl (C=O) groups excluding carboxylic acids is 1. The zero-order valence-electron chi connectivity index (χ0n) is 33.4. The lowest BCUT2D eigenvalue weighted by Crippen LogP contribution is -2.37. The fourth-order valence-electron chi connectivity index (χ4n) is 8.00. The molecule has 1 saturated heterocycles. The number of hydrogen-bond acceptors (Lipinski definition) is 9. The number of carbonyl (C=O) groups is 1. The summed E-state index contributed by atoms with van der Waals surface area (Å²) in [6.45, 7) is 7.70. The van der Waals surface area contributed by atoms with E-state index in [0.29, 0.717) is 40.7 Å². The van der Waals surface area contributed by atoms with E-state index in [2.05, 4.69) is 28.3 Å². The van der Waals surface area contributed by atoms with E-state index < -0.39 is 11.2 Å². The highest BCUT2D eigenvalue weighted by Crippen LogP contribution is 2.44. The average molecular weight is 783 g/mol. The van der Waals surface area contributed by atoms with E-state index in [0.717, 1.165) is 69.6 Å². The summed E-state index contributed by atoms with van der Waals surface area (Å²) in [5, 5.41) is 13.6. The summed E-state index contributed by atoms with van der Waals surface area (Å²) in [5.74, 6) is 0.932. The first kappa shape index (κ1) is 40.4. The number of hydrogen-bond donors (Lipinski definition) is 2. The van der Waals surface area contributed by atoms with E-state index in [4.69, 9.17) is 21.3 Å². The number of fused-ring (bicyclic) bond motifs is 2. The van der Waals surface area contributed by atoms with E-state index in [-0.39, 0.29) is 24.7 Å². The Morgan fingerprint density at radius 3 is 2.46 bits per heavy atom. The highest BCUT2D eigenvalue weighted by molar-refractivity contribution is 6.36. The van der Waals surface area contributed by atoms with Crippen LogP contribution >= 0.6 is 11.6 Å². The van der Waals surface area contributed by atoms with Gasteiger partial charge < -0.3 is 25.0 Å². The molecule has 296 valence electrons. The second kappa shape index (κ2) is 16.9. The van der Waals surface area contributed by atoms with Gasteiger partial charge in [0.25, 0.3) is 5.56 Å². The van der Waals surface area contributed by atoms with Crippen LogP contribution in [0.4, 0.5) is 16.3 Å². The molecule has 2 unspecified atom stereocenters. The van der Waals surface area contributed by atoms with Crippen molar-refractivity contribution >= 4 is 40.0 Å². The Balaban J connectivity index is 0.00000262. The molecule has 1 aliphatic heterocycles. The van der Waals surface area contributed by atoms with Gasteiger partial charge in [0.05, 0.1) is 36.0 Å². The minimum absolute atomic E-state index is 0.0370. The van der Waals surface area contributed by atoms with Crippen LogP contribution in [0.3, 0.4) is 0 Å². The molecule has 5 aromatic rings. The standard InChI is InChI=1S/C40H45ClN8O5.C2H6/c1-23-26(9-8-12-29(23)43-36-34-32(15-17-42-36)47(4)39(52)48(5)38(34)51)27-10-7-11-28(35(27)41)30-21-24-13-14-31(33(24)37(44-30)54-6)45(2)18-16-25-22-49(19-20-50)40(53)46(25)3;1-2/h7-12,15,17,21,25,31,50H,13-14,16,18-20,22H2,1-6H3,(H,42,43);1-2H3. The van der Waals surface area contributed by atoms with Crippen LogP contribution < -0.4 is 21.3 Å². The molecule has 2 amide bonds. The third-order valence-electron chi connectivity index (χ3n) is 11.1. The first-order chi connectivity index (χ1) is 26.9. The Bertz CT molecular complexity index is 2390. The summed E-state index contributed by atoms with van der Waals surface area (Å²) in [6, 6.07) is 15.7. The number of aromatic nitrogens is 4. The Morgan fingerprint density at radius 2 is 1.73 bits per heavy atom. The molecule has 2 N–H and O–H groups in total. The highest BCUT2D eigenvalue weighted by atomic mass is 35.5. The maximum atomic E-state index is 13.2. The number of β-amino-alcohol motifs (C(OH)–C–C–N with tert-alkyl or cyclic N) is 1. The molecule has 3 aromatic heterocycles. The maximum absolute atomic E-state index is 13.2. The Morgan fingerprint density at radius 1 is 1.02 bits per heavy atom. The molecule has 2 aromatic carbocycles. The lowest BCUT2D eigenvalue weighted by atomic mass is 9.96. The van der Waals surface area contributed by atoms with Crippen LogP contribution in [-0.2, 0) is 20.5 Å². The highest BCUT2D eigenvalue weighted by Gasteiger charge is 2.36. The molecule has 7 rings (SSSR count). The number of halogens is 1. The van der Waals surface area contributed by atoms with Gasteiger partial charge in [0.1, 0.15) is 11.2 Å². The third kappa shape index (κ3) is 7.26. The fourth-order valence-corrected chi connectivity index (χ4v) is 8.32. The van der Waals surface area contributed by atoms with Crippen molar-refractivity contribution in [2.75, 3.05) is 52.8 Å². The zero-order valence-corrected chi connectivity index (χ0v) is 34.1. The minimum atomic E-state index is -0.426. The Labute approximate surface area is 332 Å². The van der Waals surface area contributed by atoms with Crippen molar-refractivity contribution in [3.8, 4) is 28.3 Å². The molecule has 13 nitrogen and oxygen atoms in total. The number of pyridine rings is 2. The monoisotopic (exact) mass is 782 g/mol. The number of rotatable bonds is 11. The molecule has 0 radical (unpaired) electrons. The van der Waals surface area contributed by atoms with Gasteiger partial charge in [0.15, 0.2) is 0 Å². The summed E-state index contributed by atoms with van der Waals surface area (Å²) in [6.07, 6.45) is 4.18. The molecule has 0 spiro atoms. The second-order valence-electron chi connectivity index (χ2n) is 14.2. The molecule has 14 heteroatoms. The van der Waals surface area contributed by atoms with Gasteiger partial charge in [-0.05, 0) is 68.1 Å². The predicted octanol–water partition coefficient (Wildman–Crippen LogP) is 6.14. The van der Waals surface area contributed by atoms with Crippen molar-refractivity contribution < 1.29 is 14.6 Å². The summed E-state index contributed by atoms with van der Waals surface area (Å²) in [5.41, 5.74) is 6.79. The normalized spacial score (nSPS) is 16.4. The van der Waals surface area contributed by atoms with Gasteiger partial charge in [0, 0.05) is 75.4 Å². The lowest BCUT2D eigenvalue weighted by molar-refractivity contribution is 0.180. The number of ether oxygens (including phenoxy) is 1.